The molecule has 4 aliphatic rings. The second kappa shape index (κ2) is 10.0. The van der Waals surface area contributed by atoms with Gasteiger partial charge in [0.2, 0.25) is 0 Å². The lowest BCUT2D eigenvalue weighted by molar-refractivity contribution is -0.139. The number of nitrogens with two attached hydrogens (primary N) is 1. The van der Waals surface area contributed by atoms with Crippen molar-refractivity contribution in [1.82, 2.24) is 30.2 Å². The van der Waals surface area contributed by atoms with Crippen molar-refractivity contribution in [3.05, 3.63) is 29.7 Å². The van der Waals surface area contributed by atoms with Crippen LogP contribution in [0.3, 0.4) is 0 Å². The third kappa shape index (κ3) is 4.80. The summed E-state index contributed by atoms with van der Waals surface area (Å²) >= 11 is 0. The number of alkyl halides is 5. The summed E-state index contributed by atoms with van der Waals surface area (Å²) in [4.78, 5) is 21.3. The molecule has 230 valence electrons. The van der Waals surface area contributed by atoms with Gasteiger partial charge in [-0.15, -0.1) is 0 Å². The van der Waals surface area contributed by atoms with Gasteiger partial charge in [0, 0.05) is 31.4 Å². The van der Waals surface area contributed by atoms with E-state index in [2.05, 4.69) is 30.2 Å². The highest BCUT2D eigenvalue weighted by atomic mass is 19.4. The van der Waals surface area contributed by atoms with Gasteiger partial charge in [-0.3, -0.25) is 9.88 Å². The Hall–Kier alpha value is -3.46. The van der Waals surface area contributed by atoms with Gasteiger partial charge in [0.15, 0.2) is 0 Å². The molecule has 3 aromatic heterocycles. The lowest BCUT2D eigenvalue weighted by Gasteiger charge is -2.41. The topological polar surface area (TPSA) is 105 Å². The molecule has 15 heteroatoms. The molecular formula is C28H30F6N8O. The van der Waals surface area contributed by atoms with E-state index in [0.717, 1.165) is 38.8 Å². The fraction of sp³-hybridized carbons (Fsp3) is 0.571. The van der Waals surface area contributed by atoms with E-state index in [1.54, 1.807) is 4.90 Å². The molecule has 2 bridgehead atoms. The van der Waals surface area contributed by atoms with Gasteiger partial charge < -0.3 is 20.7 Å². The molecule has 4 aliphatic heterocycles. The standard InChI is InChI=1S/C28H30F6N8O/c29-17-9-20(35)38-22(21(17)28(32,33)34)19-10-18-16(11-36-19)23(41-12-15-3-6-27(13-41,40-15)24(30)31)39-25(37-18)43-14-26-4-1-7-42(26)8-2-5-26/h9-11,15,24,40H,1-8,12-14H2,(H2,35,38). The van der Waals surface area contributed by atoms with Gasteiger partial charge in [-0.2, -0.15) is 23.1 Å². The van der Waals surface area contributed by atoms with Gasteiger partial charge in [0.1, 0.15) is 35.3 Å². The van der Waals surface area contributed by atoms with Gasteiger partial charge in [0.25, 0.3) is 6.43 Å². The molecule has 4 saturated heterocycles. The van der Waals surface area contributed by atoms with E-state index in [9.17, 15) is 26.3 Å². The normalized spacial score (nSPS) is 25.2. The lowest BCUT2D eigenvalue weighted by Crippen LogP contribution is -2.63. The van der Waals surface area contributed by atoms with Crippen LogP contribution in [0.15, 0.2) is 18.3 Å². The molecule has 3 aromatic rings. The molecule has 43 heavy (non-hydrogen) atoms. The Morgan fingerprint density at radius 3 is 2.58 bits per heavy atom. The molecule has 2 atom stereocenters. The van der Waals surface area contributed by atoms with Crippen LogP contribution < -0.4 is 20.7 Å². The quantitative estimate of drug-likeness (QED) is 0.394. The van der Waals surface area contributed by atoms with Crippen LogP contribution in [0.4, 0.5) is 38.0 Å². The molecular weight excluding hydrogens is 578 g/mol. The Labute approximate surface area is 242 Å². The van der Waals surface area contributed by atoms with E-state index in [1.165, 1.54) is 12.3 Å². The zero-order chi connectivity index (χ0) is 30.1. The van der Waals surface area contributed by atoms with Gasteiger partial charge in [-0.05, 0) is 57.7 Å². The second-order valence-electron chi connectivity index (χ2n) is 12.1. The Morgan fingerprint density at radius 2 is 1.86 bits per heavy atom. The van der Waals surface area contributed by atoms with Crippen molar-refractivity contribution < 1.29 is 31.1 Å². The molecule has 0 saturated carbocycles. The van der Waals surface area contributed by atoms with Crippen molar-refractivity contribution >= 4 is 22.5 Å². The predicted molar refractivity (Wildman–Crippen MR) is 145 cm³/mol. The SMILES string of the molecule is Nc1cc(F)c(C(F)(F)F)c(-c2cc3nc(OCC45CCCN4CCC5)nc(N4CC5CCC(C(F)F)(C4)N5)c3cn2)n1. The summed E-state index contributed by atoms with van der Waals surface area (Å²) < 4.78 is 90.8. The summed E-state index contributed by atoms with van der Waals surface area (Å²) in [6.45, 7) is 2.63. The Morgan fingerprint density at radius 1 is 1.09 bits per heavy atom. The van der Waals surface area contributed by atoms with Crippen LogP contribution in [0.5, 0.6) is 6.01 Å². The van der Waals surface area contributed by atoms with Crippen LogP contribution in [-0.4, -0.2) is 81.2 Å². The highest BCUT2D eigenvalue weighted by Crippen LogP contribution is 2.42. The van der Waals surface area contributed by atoms with Gasteiger partial charge >= 0.3 is 12.2 Å². The molecule has 9 nitrogen and oxygen atoms in total. The van der Waals surface area contributed by atoms with Crippen molar-refractivity contribution in [1.29, 1.82) is 0 Å². The second-order valence-corrected chi connectivity index (χ2v) is 12.1. The van der Waals surface area contributed by atoms with Crippen LogP contribution >= 0.6 is 0 Å². The largest absolute Gasteiger partial charge is 0.461 e. The molecule has 4 fully saturated rings. The monoisotopic (exact) mass is 608 g/mol. The fourth-order valence-corrected chi connectivity index (χ4v) is 7.39. The van der Waals surface area contributed by atoms with Gasteiger partial charge in [0.05, 0.1) is 27.7 Å². The van der Waals surface area contributed by atoms with Crippen molar-refractivity contribution in [3.8, 4) is 17.4 Å². The minimum Gasteiger partial charge on any atom is -0.461 e. The van der Waals surface area contributed by atoms with Crippen molar-refractivity contribution in [2.45, 2.75) is 68.2 Å². The molecule has 0 aliphatic carbocycles. The minimum absolute atomic E-state index is 0.0208. The van der Waals surface area contributed by atoms with Crippen molar-refractivity contribution in [3.63, 3.8) is 0 Å². The van der Waals surface area contributed by atoms with Crippen molar-refractivity contribution in [2.24, 2.45) is 0 Å². The van der Waals surface area contributed by atoms with Crippen LogP contribution in [0, 0.1) is 5.82 Å². The first kappa shape index (κ1) is 28.3. The number of hydrogen-bond donors (Lipinski definition) is 2. The maximum atomic E-state index is 14.5. The van der Waals surface area contributed by atoms with Crippen LogP contribution in [0.1, 0.15) is 44.1 Å². The van der Waals surface area contributed by atoms with E-state index in [0.29, 0.717) is 43.3 Å². The summed E-state index contributed by atoms with van der Waals surface area (Å²) in [5.74, 6) is -1.72. The number of pyridine rings is 2. The number of nitrogens with one attached hydrogen (secondary N) is 1. The first-order chi connectivity index (χ1) is 20.5. The zero-order valence-electron chi connectivity index (χ0n) is 23.1. The number of ether oxygens (including phenoxy) is 1. The van der Waals surface area contributed by atoms with Crippen molar-refractivity contribution in [2.75, 3.05) is 43.4 Å². The number of halogens is 6. The number of hydrogen-bond acceptors (Lipinski definition) is 9. The predicted octanol–water partition coefficient (Wildman–Crippen LogP) is 4.41. The molecule has 0 spiro atoms. The first-order valence-electron chi connectivity index (χ1n) is 14.4. The number of fused-ring (bicyclic) bond motifs is 4. The average molecular weight is 609 g/mol. The number of aromatic nitrogens is 4. The van der Waals surface area contributed by atoms with Crippen LogP contribution in [0.2, 0.25) is 0 Å². The maximum Gasteiger partial charge on any atom is 0.421 e. The fourth-order valence-electron chi connectivity index (χ4n) is 7.39. The van der Waals surface area contributed by atoms with Gasteiger partial charge in [-0.1, -0.05) is 0 Å². The average Bonchev–Trinajstić information content (AvgIpc) is 3.62. The zero-order valence-corrected chi connectivity index (χ0v) is 23.1. The van der Waals surface area contributed by atoms with Crippen LogP contribution in [0.25, 0.3) is 22.3 Å². The highest BCUT2D eigenvalue weighted by molar-refractivity contribution is 5.91. The Bertz CT molecular complexity index is 1560. The molecule has 3 N–H and O–H groups in total. The van der Waals surface area contributed by atoms with E-state index >= 15 is 0 Å². The summed E-state index contributed by atoms with van der Waals surface area (Å²) in [5, 5.41) is 3.40. The first-order valence-corrected chi connectivity index (χ1v) is 14.4. The molecule has 7 heterocycles. The summed E-state index contributed by atoms with van der Waals surface area (Å²) in [6.07, 6.45) is -1.53. The third-order valence-electron chi connectivity index (χ3n) is 9.40. The Kier molecular flexibility index (Phi) is 6.61. The van der Waals surface area contributed by atoms with Gasteiger partial charge in [-0.25, -0.2) is 18.2 Å². The summed E-state index contributed by atoms with van der Waals surface area (Å²) in [7, 11) is 0. The molecule has 0 radical (unpaired) electrons. The molecule has 2 unspecified atom stereocenters. The van der Waals surface area contributed by atoms with E-state index < -0.39 is 41.0 Å². The summed E-state index contributed by atoms with van der Waals surface area (Å²) in [5.41, 5.74) is 1.54. The third-order valence-corrected chi connectivity index (χ3v) is 9.40. The Balaban J connectivity index is 1.33. The lowest BCUT2D eigenvalue weighted by atomic mass is 9.95. The number of anilines is 2. The van der Waals surface area contributed by atoms with E-state index in [4.69, 9.17) is 10.5 Å². The number of piperazine rings is 1. The number of nitrogens with zero attached hydrogens (tertiary/aromatic N) is 6. The van der Waals surface area contributed by atoms with Crippen LogP contribution in [-0.2, 0) is 6.18 Å². The number of rotatable bonds is 6. The molecule has 7 rings (SSSR count). The molecule has 0 aromatic carbocycles. The molecule has 0 amide bonds. The van der Waals surface area contributed by atoms with E-state index in [1.807, 2.05) is 0 Å². The number of nitrogen functional groups attached to an aromatic ring is 1. The summed E-state index contributed by atoms with van der Waals surface area (Å²) in [6, 6.07) is 1.54. The smallest absolute Gasteiger partial charge is 0.421 e. The van der Waals surface area contributed by atoms with E-state index in [-0.39, 0.29) is 35.3 Å². The minimum atomic E-state index is -5.07. The maximum absolute atomic E-state index is 14.5. The highest BCUT2D eigenvalue weighted by Gasteiger charge is 2.51.